The molecule has 0 aliphatic rings. The summed E-state index contributed by atoms with van der Waals surface area (Å²) in [6.45, 7) is 13.6. The monoisotopic (exact) mass is 219 g/mol. The van der Waals surface area contributed by atoms with E-state index in [2.05, 4.69) is 52.6 Å². The zero-order valence-corrected chi connectivity index (χ0v) is 11.6. The van der Waals surface area contributed by atoms with Crippen molar-refractivity contribution in [1.82, 2.24) is 4.98 Å². The van der Waals surface area contributed by atoms with Gasteiger partial charge in [0, 0.05) is 12.4 Å². The van der Waals surface area contributed by atoms with E-state index in [-0.39, 0.29) is 10.8 Å². The lowest BCUT2D eigenvalue weighted by molar-refractivity contribution is 0.468. The average molecular weight is 219 g/mol. The average Bonchev–Trinajstić information content (AvgIpc) is 2.16. The molecular formula is C15H25N. The summed E-state index contributed by atoms with van der Waals surface area (Å²) in [4.78, 5) is 4.40. The first-order valence-electron chi connectivity index (χ1n) is 6.23. The predicted octanol–water partition coefficient (Wildman–Crippen LogP) is 4.46. The number of nitrogens with zero attached hydrogens (tertiary/aromatic N) is 1. The molecule has 1 nitrogen and oxygen atoms in total. The number of hydrogen-bond donors (Lipinski definition) is 0. The van der Waals surface area contributed by atoms with Gasteiger partial charge in [-0.05, 0) is 28.4 Å². The summed E-state index contributed by atoms with van der Waals surface area (Å²) in [5.74, 6) is 0. The Labute approximate surface area is 100 Å². The molecule has 0 spiro atoms. The van der Waals surface area contributed by atoms with E-state index in [0.717, 1.165) is 0 Å². The van der Waals surface area contributed by atoms with Crippen molar-refractivity contribution in [1.29, 1.82) is 0 Å². The van der Waals surface area contributed by atoms with Crippen LogP contribution >= 0.6 is 0 Å². The van der Waals surface area contributed by atoms with Crippen LogP contribution in [0.15, 0.2) is 18.5 Å². The van der Waals surface area contributed by atoms with Gasteiger partial charge in [0.15, 0.2) is 0 Å². The summed E-state index contributed by atoms with van der Waals surface area (Å²) in [5.41, 5.74) is 3.12. The molecule has 0 unspecified atom stereocenters. The SMILES string of the molecule is CCCC(C)(C)c1cncc(C(C)(C)C)c1. The Hall–Kier alpha value is -0.850. The Kier molecular flexibility index (Phi) is 3.77. The van der Waals surface area contributed by atoms with Gasteiger partial charge in [-0.2, -0.15) is 0 Å². The molecule has 0 fully saturated rings. The third-order valence-corrected chi connectivity index (χ3v) is 3.26. The second-order valence-corrected chi connectivity index (χ2v) is 6.35. The Morgan fingerprint density at radius 1 is 1.00 bits per heavy atom. The molecular weight excluding hydrogens is 194 g/mol. The summed E-state index contributed by atoms with van der Waals surface area (Å²) in [5, 5.41) is 0. The quantitative estimate of drug-likeness (QED) is 0.731. The van der Waals surface area contributed by atoms with Crippen molar-refractivity contribution in [3.63, 3.8) is 0 Å². The maximum Gasteiger partial charge on any atom is 0.0305 e. The van der Waals surface area contributed by atoms with Gasteiger partial charge in [0.2, 0.25) is 0 Å². The fraction of sp³-hybridized carbons (Fsp3) is 0.667. The Morgan fingerprint density at radius 2 is 1.56 bits per heavy atom. The smallest absolute Gasteiger partial charge is 0.0305 e. The highest BCUT2D eigenvalue weighted by atomic mass is 14.6. The highest BCUT2D eigenvalue weighted by molar-refractivity contribution is 5.28. The molecule has 1 heterocycles. The zero-order valence-electron chi connectivity index (χ0n) is 11.6. The van der Waals surface area contributed by atoms with Crippen LogP contribution in [-0.2, 0) is 10.8 Å². The van der Waals surface area contributed by atoms with Crippen molar-refractivity contribution < 1.29 is 0 Å². The minimum atomic E-state index is 0.186. The number of aromatic nitrogens is 1. The van der Waals surface area contributed by atoms with Gasteiger partial charge in [-0.25, -0.2) is 0 Å². The van der Waals surface area contributed by atoms with Gasteiger partial charge in [0.25, 0.3) is 0 Å². The van der Waals surface area contributed by atoms with Crippen LogP contribution in [0.5, 0.6) is 0 Å². The maximum absolute atomic E-state index is 4.40. The van der Waals surface area contributed by atoms with Crippen LogP contribution in [0.25, 0.3) is 0 Å². The van der Waals surface area contributed by atoms with Crippen molar-refractivity contribution in [2.75, 3.05) is 0 Å². The molecule has 1 heteroatoms. The topological polar surface area (TPSA) is 12.9 Å². The first-order chi connectivity index (χ1) is 7.27. The van der Waals surface area contributed by atoms with E-state index >= 15 is 0 Å². The van der Waals surface area contributed by atoms with Crippen LogP contribution in [-0.4, -0.2) is 4.98 Å². The van der Waals surface area contributed by atoms with E-state index in [9.17, 15) is 0 Å². The highest BCUT2D eigenvalue weighted by Crippen LogP contribution is 2.31. The molecule has 0 saturated heterocycles. The van der Waals surface area contributed by atoms with Crippen LogP contribution in [0.2, 0.25) is 0 Å². The molecule has 16 heavy (non-hydrogen) atoms. The van der Waals surface area contributed by atoms with Gasteiger partial charge in [-0.1, -0.05) is 54.0 Å². The molecule has 0 aromatic carbocycles. The minimum absolute atomic E-state index is 0.186. The fourth-order valence-corrected chi connectivity index (χ4v) is 1.99. The van der Waals surface area contributed by atoms with E-state index in [1.807, 2.05) is 12.4 Å². The van der Waals surface area contributed by atoms with Gasteiger partial charge in [0.05, 0.1) is 0 Å². The van der Waals surface area contributed by atoms with Crippen molar-refractivity contribution in [3.8, 4) is 0 Å². The molecule has 1 rings (SSSR count). The molecule has 0 saturated carbocycles. The largest absolute Gasteiger partial charge is 0.264 e. The maximum atomic E-state index is 4.40. The van der Waals surface area contributed by atoms with Crippen molar-refractivity contribution in [2.24, 2.45) is 0 Å². The number of rotatable bonds is 3. The van der Waals surface area contributed by atoms with E-state index < -0.39 is 0 Å². The van der Waals surface area contributed by atoms with E-state index in [1.165, 1.54) is 24.0 Å². The third kappa shape index (κ3) is 3.07. The molecule has 0 radical (unpaired) electrons. The molecule has 0 bridgehead atoms. The van der Waals surface area contributed by atoms with Crippen molar-refractivity contribution in [3.05, 3.63) is 29.6 Å². The molecule has 1 aromatic heterocycles. The molecule has 0 amide bonds. The summed E-state index contributed by atoms with van der Waals surface area (Å²) in [6.07, 6.45) is 6.44. The second-order valence-electron chi connectivity index (χ2n) is 6.35. The van der Waals surface area contributed by atoms with Crippen LogP contribution in [0.1, 0.15) is 65.5 Å². The molecule has 90 valence electrons. The normalized spacial score (nSPS) is 12.9. The first kappa shape index (κ1) is 13.2. The molecule has 0 aliphatic carbocycles. The third-order valence-electron chi connectivity index (χ3n) is 3.26. The van der Waals surface area contributed by atoms with Crippen LogP contribution in [0, 0.1) is 0 Å². The predicted molar refractivity (Wildman–Crippen MR) is 70.9 cm³/mol. The lowest BCUT2D eigenvalue weighted by atomic mass is 9.79. The van der Waals surface area contributed by atoms with Crippen LogP contribution in [0.4, 0.5) is 0 Å². The number of hydrogen-bond acceptors (Lipinski definition) is 1. The van der Waals surface area contributed by atoms with Crippen LogP contribution < -0.4 is 0 Å². The summed E-state index contributed by atoms with van der Waals surface area (Å²) < 4.78 is 0. The van der Waals surface area contributed by atoms with Gasteiger partial charge in [-0.15, -0.1) is 0 Å². The number of pyridine rings is 1. The summed E-state index contributed by atoms with van der Waals surface area (Å²) >= 11 is 0. The molecule has 0 atom stereocenters. The van der Waals surface area contributed by atoms with E-state index in [4.69, 9.17) is 0 Å². The van der Waals surface area contributed by atoms with E-state index in [1.54, 1.807) is 0 Å². The first-order valence-corrected chi connectivity index (χ1v) is 6.23. The Morgan fingerprint density at radius 3 is 2.06 bits per heavy atom. The highest BCUT2D eigenvalue weighted by Gasteiger charge is 2.22. The fourth-order valence-electron chi connectivity index (χ4n) is 1.99. The lowest BCUT2D eigenvalue weighted by Gasteiger charge is -2.27. The van der Waals surface area contributed by atoms with Crippen LogP contribution in [0.3, 0.4) is 0 Å². The zero-order chi connectivity index (χ0) is 12.4. The van der Waals surface area contributed by atoms with Crippen molar-refractivity contribution in [2.45, 2.75) is 65.2 Å². The summed E-state index contributed by atoms with van der Waals surface area (Å²) in [6, 6.07) is 2.32. The minimum Gasteiger partial charge on any atom is -0.264 e. The van der Waals surface area contributed by atoms with Gasteiger partial charge in [-0.3, -0.25) is 4.98 Å². The second kappa shape index (κ2) is 4.57. The van der Waals surface area contributed by atoms with Gasteiger partial charge in [0.1, 0.15) is 0 Å². The molecule has 1 aromatic rings. The summed E-state index contributed by atoms with van der Waals surface area (Å²) in [7, 11) is 0. The lowest BCUT2D eigenvalue weighted by Crippen LogP contribution is -2.19. The molecule has 0 aliphatic heterocycles. The van der Waals surface area contributed by atoms with Crippen molar-refractivity contribution >= 4 is 0 Å². The Bertz CT molecular complexity index is 345. The van der Waals surface area contributed by atoms with E-state index in [0.29, 0.717) is 0 Å². The standard InChI is InChI=1S/C15H25N/c1-7-8-15(5,6)13-9-12(10-16-11-13)14(2,3)4/h9-11H,7-8H2,1-6H3. The van der Waals surface area contributed by atoms with Gasteiger partial charge >= 0.3 is 0 Å². The Balaban J connectivity index is 3.08. The van der Waals surface area contributed by atoms with Gasteiger partial charge < -0.3 is 0 Å². The molecule has 0 N–H and O–H groups in total.